The van der Waals surface area contributed by atoms with E-state index in [4.69, 9.17) is 21.4 Å². The van der Waals surface area contributed by atoms with Crippen LogP contribution >= 0.6 is 11.6 Å². The zero-order valence-corrected chi connectivity index (χ0v) is 10.8. The van der Waals surface area contributed by atoms with Crippen LogP contribution in [-0.4, -0.2) is 20.9 Å². The van der Waals surface area contributed by atoms with Crippen LogP contribution in [0.15, 0.2) is 36.7 Å². The van der Waals surface area contributed by atoms with Gasteiger partial charge in [0.05, 0.1) is 17.4 Å². The van der Waals surface area contributed by atoms with Gasteiger partial charge in [-0.05, 0) is 18.2 Å². The number of carboxylic acids is 1. The topological polar surface area (TPSA) is 64.3 Å². The van der Waals surface area contributed by atoms with Crippen LogP contribution in [0.25, 0.3) is 6.08 Å². The van der Waals surface area contributed by atoms with Gasteiger partial charge in [0.15, 0.2) is 5.75 Å². The number of carbonyl (C=O) groups is 1. The maximum Gasteiger partial charge on any atom is 0.328 e. The van der Waals surface area contributed by atoms with Gasteiger partial charge in [0.25, 0.3) is 0 Å². The summed E-state index contributed by atoms with van der Waals surface area (Å²) in [6.07, 6.45) is 5.67. The molecule has 1 aromatic heterocycles. The highest BCUT2D eigenvalue weighted by atomic mass is 35.5. The second kappa shape index (κ2) is 5.58. The number of hydrogen-bond donors (Lipinski definition) is 1. The molecule has 0 radical (unpaired) electrons. The van der Waals surface area contributed by atoms with Gasteiger partial charge in [-0.2, -0.15) is 5.10 Å². The van der Waals surface area contributed by atoms with Gasteiger partial charge in [0, 0.05) is 18.7 Å². The molecule has 0 bridgehead atoms. The minimum Gasteiger partial charge on any atom is -0.478 e. The van der Waals surface area contributed by atoms with Crippen molar-refractivity contribution < 1.29 is 14.6 Å². The third kappa shape index (κ3) is 3.35. The Kier molecular flexibility index (Phi) is 3.87. The molecule has 1 heterocycles. The van der Waals surface area contributed by atoms with Crippen molar-refractivity contribution in [3.05, 3.63) is 47.3 Å². The summed E-state index contributed by atoms with van der Waals surface area (Å²) in [7, 11) is 1.77. The van der Waals surface area contributed by atoms with Crippen molar-refractivity contribution in [3.63, 3.8) is 0 Å². The Bertz CT molecular complexity index is 635. The van der Waals surface area contributed by atoms with Gasteiger partial charge < -0.3 is 9.84 Å². The van der Waals surface area contributed by atoms with E-state index < -0.39 is 5.97 Å². The first-order valence-electron chi connectivity index (χ1n) is 5.42. The lowest BCUT2D eigenvalue weighted by atomic mass is 10.2. The smallest absolute Gasteiger partial charge is 0.328 e. The molecule has 0 saturated heterocycles. The van der Waals surface area contributed by atoms with Gasteiger partial charge in [0.1, 0.15) is 5.75 Å². The first-order valence-corrected chi connectivity index (χ1v) is 5.80. The lowest BCUT2D eigenvalue weighted by Gasteiger charge is -2.08. The third-order valence-corrected chi connectivity index (χ3v) is 2.64. The second-order valence-corrected chi connectivity index (χ2v) is 4.18. The fourth-order valence-electron chi connectivity index (χ4n) is 1.50. The molecule has 1 N–H and O–H groups in total. The Morgan fingerprint density at radius 2 is 2.32 bits per heavy atom. The van der Waals surface area contributed by atoms with E-state index in [0.29, 0.717) is 22.1 Å². The molecule has 0 saturated carbocycles. The predicted molar refractivity (Wildman–Crippen MR) is 71.4 cm³/mol. The monoisotopic (exact) mass is 278 g/mol. The molecule has 0 atom stereocenters. The number of carboxylic acid groups (broad SMARTS) is 1. The number of ether oxygens (including phenoxy) is 1. The molecule has 2 aromatic rings. The maximum absolute atomic E-state index is 10.6. The molecule has 5 nitrogen and oxygen atoms in total. The van der Waals surface area contributed by atoms with Crippen LogP contribution in [0.4, 0.5) is 0 Å². The zero-order chi connectivity index (χ0) is 13.8. The highest BCUT2D eigenvalue weighted by Crippen LogP contribution is 2.31. The molecule has 2 rings (SSSR count). The van der Waals surface area contributed by atoms with E-state index >= 15 is 0 Å². The van der Waals surface area contributed by atoms with Crippen molar-refractivity contribution in [3.8, 4) is 11.5 Å². The van der Waals surface area contributed by atoms with Gasteiger partial charge >= 0.3 is 5.97 Å². The molecule has 0 aliphatic rings. The van der Waals surface area contributed by atoms with Gasteiger partial charge in [-0.3, -0.25) is 4.68 Å². The van der Waals surface area contributed by atoms with Gasteiger partial charge in [-0.25, -0.2) is 4.79 Å². The van der Waals surface area contributed by atoms with E-state index in [1.54, 1.807) is 42.3 Å². The number of benzene rings is 1. The molecule has 0 unspecified atom stereocenters. The summed E-state index contributed by atoms with van der Waals surface area (Å²) in [5.41, 5.74) is 0.510. The van der Waals surface area contributed by atoms with Crippen LogP contribution in [-0.2, 0) is 11.8 Å². The van der Waals surface area contributed by atoms with E-state index in [1.165, 1.54) is 6.08 Å². The third-order valence-electron chi connectivity index (χ3n) is 2.31. The van der Waals surface area contributed by atoms with Crippen LogP contribution in [0.5, 0.6) is 11.5 Å². The van der Waals surface area contributed by atoms with E-state index in [2.05, 4.69) is 5.10 Å². The van der Waals surface area contributed by atoms with Crippen molar-refractivity contribution in [2.75, 3.05) is 0 Å². The normalized spacial score (nSPS) is 10.8. The minimum atomic E-state index is -1.05. The molecule has 0 aliphatic carbocycles. The van der Waals surface area contributed by atoms with Crippen LogP contribution in [0.3, 0.4) is 0 Å². The minimum absolute atomic E-state index is 0.416. The first-order chi connectivity index (χ1) is 9.06. The van der Waals surface area contributed by atoms with Crippen molar-refractivity contribution in [2.45, 2.75) is 0 Å². The summed E-state index contributed by atoms with van der Waals surface area (Å²) < 4.78 is 7.24. The molecule has 0 aliphatic heterocycles. The standard InChI is InChI=1S/C13H11ClN2O3/c1-16-8-9(7-15-16)19-12-4-2-3-11(14)10(12)5-6-13(17)18/h2-8H,1H3,(H,17,18)/b6-5+. The molecular formula is C13H11ClN2O3. The Morgan fingerprint density at radius 3 is 2.95 bits per heavy atom. The molecule has 0 spiro atoms. The summed E-state index contributed by atoms with van der Waals surface area (Å²) in [5.74, 6) is -0.0278. The summed E-state index contributed by atoms with van der Waals surface area (Å²) >= 11 is 6.04. The lowest BCUT2D eigenvalue weighted by molar-refractivity contribution is -0.131. The van der Waals surface area contributed by atoms with Crippen molar-refractivity contribution in [1.82, 2.24) is 9.78 Å². The number of nitrogens with zero attached hydrogens (tertiary/aromatic N) is 2. The molecule has 6 heteroatoms. The average molecular weight is 279 g/mol. The van der Waals surface area contributed by atoms with Gasteiger partial charge in [-0.15, -0.1) is 0 Å². The number of aryl methyl sites for hydroxylation is 1. The van der Waals surface area contributed by atoms with E-state index in [1.807, 2.05) is 0 Å². The summed E-state index contributed by atoms with van der Waals surface area (Å²) in [6, 6.07) is 5.10. The van der Waals surface area contributed by atoms with Gasteiger partial charge in [0.2, 0.25) is 0 Å². The summed E-state index contributed by atoms with van der Waals surface area (Å²) in [5, 5.41) is 13.1. The van der Waals surface area contributed by atoms with Crippen molar-refractivity contribution >= 4 is 23.6 Å². The van der Waals surface area contributed by atoms with Crippen LogP contribution in [0.1, 0.15) is 5.56 Å². The first kappa shape index (κ1) is 13.2. The lowest BCUT2D eigenvalue weighted by Crippen LogP contribution is -1.90. The fourth-order valence-corrected chi connectivity index (χ4v) is 1.73. The largest absolute Gasteiger partial charge is 0.478 e. The van der Waals surface area contributed by atoms with Crippen molar-refractivity contribution in [2.24, 2.45) is 7.05 Å². The number of aromatic nitrogens is 2. The fraction of sp³-hybridized carbons (Fsp3) is 0.0769. The Labute approximate surface area is 114 Å². The quantitative estimate of drug-likeness (QED) is 0.873. The van der Waals surface area contributed by atoms with Crippen LogP contribution < -0.4 is 4.74 Å². The van der Waals surface area contributed by atoms with Crippen LogP contribution in [0.2, 0.25) is 5.02 Å². The van der Waals surface area contributed by atoms with Crippen molar-refractivity contribution in [1.29, 1.82) is 0 Å². The Balaban J connectivity index is 2.34. The zero-order valence-electron chi connectivity index (χ0n) is 10.1. The molecule has 0 amide bonds. The van der Waals surface area contributed by atoms with E-state index in [9.17, 15) is 4.79 Å². The summed E-state index contributed by atoms with van der Waals surface area (Å²) in [4.78, 5) is 10.6. The molecule has 0 fully saturated rings. The Hall–Kier alpha value is -2.27. The predicted octanol–water partition coefficient (Wildman–Crippen LogP) is 2.96. The SMILES string of the molecule is Cn1cc(Oc2cccc(Cl)c2/C=C/C(=O)O)cn1. The van der Waals surface area contributed by atoms with E-state index in [-0.39, 0.29) is 0 Å². The Morgan fingerprint density at radius 1 is 1.53 bits per heavy atom. The van der Waals surface area contributed by atoms with Crippen LogP contribution in [0, 0.1) is 0 Å². The number of hydrogen-bond acceptors (Lipinski definition) is 3. The summed E-state index contributed by atoms with van der Waals surface area (Å²) in [6.45, 7) is 0. The number of aliphatic carboxylic acids is 1. The number of halogens is 1. The van der Waals surface area contributed by atoms with E-state index in [0.717, 1.165) is 6.08 Å². The second-order valence-electron chi connectivity index (χ2n) is 3.77. The molecule has 98 valence electrons. The van der Waals surface area contributed by atoms with Gasteiger partial charge in [-0.1, -0.05) is 17.7 Å². The highest BCUT2D eigenvalue weighted by Gasteiger charge is 2.08. The molecule has 19 heavy (non-hydrogen) atoms. The maximum atomic E-state index is 10.6. The molecule has 1 aromatic carbocycles. The highest BCUT2D eigenvalue weighted by molar-refractivity contribution is 6.32. The number of rotatable bonds is 4. The average Bonchev–Trinajstić information content (AvgIpc) is 2.74. The molecular weight excluding hydrogens is 268 g/mol.